The number of ether oxygens (including phenoxy) is 4. The fourth-order valence-corrected chi connectivity index (χ4v) is 4.16. The van der Waals surface area contributed by atoms with Crippen LogP contribution in [0.1, 0.15) is 103 Å². The first-order valence-corrected chi connectivity index (χ1v) is 12.1. The second-order valence-corrected chi connectivity index (χ2v) is 8.13. The topological polar surface area (TPSA) is 105 Å². The van der Waals surface area contributed by atoms with E-state index in [1.54, 1.807) is 41.5 Å². The Balaban J connectivity index is -0.000000135. The third-order valence-electron chi connectivity index (χ3n) is 6.04. The number of hydrogen-bond acceptors (Lipinski definition) is 8. The Bertz CT molecular complexity index is 973. The van der Waals surface area contributed by atoms with Crippen LogP contribution in [0.4, 0.5) is 0 Å². The van der Waals surface area contributed by atoms with Crippen molar-refractivity contribution in [2.75, 3.05) is 26.4 Å². The van der Waals surface area contributed by atoms with Crippen molar-refractivity contribution in [3.05, 3.63) is 55.6 Å². The Hall–Kier alpha value is -1.01. The van der Waals surface area contributed by atoms with Gasteiger partial charge in [0, 0.05) is 0 Å². The molecule has 0 radical (unpaired) electrons. The normalized spacial score (nSPS) is 8.81. The van der Waals surface area contributed by atoms with Crippen molar-refractivity contribution in [3.8, 4) is 0 Å². The van der Waals surface area contributed by atoms with Gasteiger partial charge in [-0.1, -0.05) is 52.7 Å². The molecule has 0 aliphatic rings. The second-order valence-electron chi connectivity index (χ2n) is 8.13. The summed E-state index contributed by atoms with van der Waals surface area (Å²) < 4.78 is 20.0. The van der Waals surface area contributed by atoms with Crippen molar-refractivity contribution in [1.29, 1.82) is 0 Å². The molecular formula is C28H38Cl4O8Rh2. The Morgan fingerprint density at radius 2 is 0.714 bits per heavy atom. The van der Waals surface area contributed by atoms with E-state index < -0.39 is 0 Å². The second kappa shape index (κ2) is 25.3. The molecule has 0 saturated heterocycles. The van der Waals surface area contributed by atoms with Crippen molar-refractivity contribution < 1.29 is 127 Å². The van der Waals surface area contributed by atoms with Crippen LogP contribution < -0.4 is 49.6 Å². The van der Waals surface area contributed by atoms with Gasteiger partial charge in [-0.05, 0) is 38.8 Å². The summed E-state index contributed by atoms with van der Waals surface area (Å²) in [6, 6.07) is 0. The molecule has 0 atom stereocenters. The van der Waals surface area contributed by atoms with Crippen LogP contribution in [0.3, 0.4) is 0 Å². The maximum absolute atomic E-state index is 11.9. The standard InChI is InChI=1S/2C14H19O4.4ClH.2Rh/c2*1-6-17-13(15)11-8(3)9(4)12(10(11)5)14(16)18-7-2;;;;;;/h2*6-7H2,1-5H3;4*1H;;/q2*-1;;;;;2*+3/p-4. The quantitative estimate of drug-likeness (QED) is 0.112. The summed E-state index contributed by atoms with van der Waals surface area (Å²) in [6.45, 7) is 19.0. The van der Waals surface area contributed by atoms with Gasteiger partial charge in [0.15, 0.2) is 0 Å². The minimum absolute atomic E-state index is 0. The van der Waals surface area contributed by atoms with Crippen molar-refractivity contribution in [1.82, 2.24) is 0 Å². The van der Waals surface area contributed by atoms with Gasteiger partial charge < -0.3 is 78.2 Å². The van der Waals surface area contributed by atoms with Crippen LogP contribution in [0.2, 0.25) is 0 Å². The first kappa shape index (κ1) is 53.5. The molecule has 244 valence electrons. The van der Waals surface area contributed by atoms with Gasteiger partial charge in [0.25, 0.3) is 11.9 Å². The maximum Gasteiger partial charge on any atom is 3.00 e. The third kappa shape index (κ3) is 12.5. The summed E-state index contributed by atoms with van der Waals surface area (Å²) in [6.07, 6.45) is 0. The molecule has 2 aromatic carbocycles. The Labute approximate surface area is 300 Å². The summed E-state index contributed by atoms with van der Waals surface area (Å²) >= 11 is 0. The van der Waals surface area contributed by atoms with Gasteiger partial charge in [0.2, 0.25) is 11.9 Å². The molecule has 0 heterocycles. The van der Waals surface area contributed by atoms with E-state index in [0.29, 0.717) is 59.8 Å². The summed E-state index contributed by atoms with van der Waals surface area (Å²) in [4.78, 5) is 47.4. The fraction of sp³-hybridized carbons (Fsp3) is 0.500. The van der Waals surface area contributed by atoms with Crippen LogP contribution in [0.25, 0.3) is 0 Å². The first-order chi connectivity index (χ1) is 16.9. The molecule has 0 spiro atoms. The van der Waals surface area contributed by atoms with Crippen LogP contribution >= 0.6 is 0 Å². The third-order valence-corrected chi connectivity index (χ3v) is 6.04. The van der Waals surface area contributed by atoms with Gasteiger partial charge in [-0.2, -0.15) is 0 Å². The van der Waals surface area contributed by atoms with E-state index >= 15 is 0 Å². The molecule has 0 unspecified atom stereocenters. The Morgan fingerprint density at radius 3 is 0.929 bits per heavy atom. The molecule has 0 aliphatic carbocycles. The zero-order valence-corrected chi connectivity index (χ0v) is 31.6. The molecule has 0 aliphatic heterocycles. The number of rotatable bonds is 8. The number of carbonyl (C=O) groups is 4. The van der Waals surface area contributed by atoms with E-state index in [2.05, 4.69) is 0 Å². The average Bonchev–Trinajstić information content (AvgIpc) is 3.16. The van der Waals surface area contributed by atoms with Crippen LogP contribution in [0.15, 0.2) is 0 Å². The van der Waals surface area contributed by atoms with Gasteiger partial charge in [-0.25, -0.2) is 0 Å². The van der Waals surface area contributed by atoms with Gasteiger partial charge in [-0.15, -0.1) is 33.4 Å². The fourth-order valence-electron chi connectivity index (χ4n) is 4.16. The molecule has 8 nitrogen and oxygen atoms in total. The Kier molecular flexibility index (Phi) is 32.3. The van der Waals surface area contributed by atoms with E-state index in [0.717, 1.165) is 22.3 Å². The van der Waals surface area contributed by atoms with Crippen molar-refractivity contribution in [2.24, 2.45) is 0 Å². The molecule has 0 amide bonds. The molecule has 14 heteroatoms. The van der Waals surface area contributed by atoms with E-state index in [1.807, 2.05) is 27.7 Å². The van der Waals surface area contributed by atoms with E-state index in [9.17, 15) is 19.2 Å². The number of hydrogen-bond donors (Lipinski definition) is 0. The largest absolute Gasteiger partial charge is 3.00 e. The molecular weight excluding hydrogens is 812 g/mol. The molecule has 42 heavy (non-hydrogen) atoms. The van der Waals surface area contributed by atoms with Gasteiger partial charge in [-0.3, -0.25) is 9.59 Å². The number of carbonyl (C=O) groups excluding carboxylic acids is 4. The van der Waals surface area contributed by atoms with Crippen LogP contribution in [-0.2, 0) is 57.9 Å². The minimum Gasteiger partial charge on any atom is -1.00 e. The van der Waals surface area contributed by atoms with Crippen LogP contribution in [0.5, 0.6) is 0 Å². The van der Waals surface area contributed by atoms with E-state index in [-0.39, 0.29) is 112 Å². The van der Waals surface area contributed by atoms with Crippen molar-refractivity contribution in [2.45, 2.75) is 69.2 Å². The smallest absolute Gasteiger partial charge is 1.00 e. The van der Waals surface area contributed by atoms with Crippen molar-refractivity contribution in [3.63, 3.8) is 0 Å². The summed E-state index contributed by atoms with van der Waals surface area (Å²) in [7, 11) is 0. The molecule has 0 saturated carbocycles. The number of esters is 4. The minimum atomic E-state index is -0.383. The van der Waals surface area contributed by atoms with Gasteiger partial charge >= 0.3 is 39.0 Å². The Morgan fingerprint density at radius 1 is 0.500 bits per heavy atom. The van der Waals surface area contributed by atoms with Crippen molar-refractivity contribution >= 4 is 23.9 Å². The number of halogens is 4. The summed E-state index contributed by atoms with van der Waals surface area (Å²) in [5, 5.41) is 0. The maximum atomic E-state index is 11.9. The molecule has 0 N–H and O–H groups in total. The molecule has 0 bridgehead atoms. The summed E-state index contributed by atoms with van der Waals surface area (Å²) in [5.74, 6) is -1.53. The average molecular weight is 850 g/mol. The first-order valence-electron chi connectivity index (χ1n) is 12.1. The monoisotopic (exact) mass is 848 g/mol. The van der Waals surface area contributed by atoms with Crippen LogP contribution in [-0.4, -0.2) is 50.3 Å². The van der Waals surface area contributed by atoms with Gasteiger partial charge in [0.05, 0.1) is 26.4 Å². The molecule has 2 aromatic rings. The van der Waals surface area contributed by atoms with E-state index in [1.165, 1.54) is 0 Å². The molecule has 2 rings (SSSR count). The zero-order valence-electron chi connectivity index (χ0n) is 25.3. The van der Waals surface area contributed by atoms with Crippen LogP contribution in [0, 0.1) is 41.5 Å². The predicted octanol–water partition coefficient (Wildman–Crippen LogP) is -6.62. The molecule has 0 fully saturated rings. The zero-order chi connectivity index (χ0) is 27.7. The van der Waals surface area contributed by atoms with Gasteiger partial charge in [0.1, 0.15) is 0 Å². The molecule has 0 aromatic heterocycles. The van der Waals surface area contributed by atoms with E-state index in [4.69, 9.17) is 18.9 Å². The SMILES string of the molecule is CCOC(=O)c1c(C)c(C(=O)OCC)[c-](C)c1C.CCOC(=O)c1c(C)c(C(=O)OCC)[c-](C)c1C.[Cl-].[Cl-].[Cl-].[Cl-].[Rh+3].[Rh+3]. The predicted molar refractivity (Wildman–Crippen MR) is 136 cm³/mol. The summed E-state index contributed by atoms with van der Waals surface area (Å²) in [5.41, 5.74) is 6.36.